The third kappa shape index (κ3) is 4.26. The molecule has 33 heavy (non-hydrogen) atoms. The van der Waals surface area contributed by atoms with Gasteiger partial charge in [0.2, 0.25) is 0 Å². The van der Waals surface area contributed by atoms with Gasteiger partial charge in [0.25, 0.3) is 5.91 Å². The van der Waals surface area contributed by atoms with Crippen molar-refractivity contribution in [2.75, 3.05) is 31.2 Å². The van der Waals surface area contributed by atoms with E-state index in [-0.39, 0.29) is 11.9 Å². The Kier molecular flexibility index (Phi) is 5.36. The number of carbonyl (C=O) groups excluding carboxylic acids is 1. The zero-order valence-electron chi connectivity index (χ0n) is 18.1. The lowest BCUT2D eigenvalue weighted by molar-refractivity contribution is -0.115. The summed E-state index contributed by atoms with van der Waals surface area (Å²) >= 11 is 1.42. The topological polar surface area (TPSA) is 66.8 Å². The molecule has 0 radical (unpaired) electrons. The van der Waals surface area contributed by atoms with Crippen LogP contribution in [0.15, 0.2) is 70.7 Å². The number of ether oxygens (including phenoxy) is 1. The van der Waals surface area contributed by atoms with Crippen molar-refractivity contribution in [2.45, 2.75) is 18.4 Å². The lowest BCUT2D eigenvalue weighted by Gasteiger charge is -2.29. The number of amides is 1. The van der Waals surface area contributed by atoms with Crippen LogP contribution in [-0.2, 0) is 9.53 Å². The first kappa shape index (κ1) is 20.4. The van der Waals surface area contributed by atoms with Gasteiger partial charge < -0.3 is 15.0 Å². The highest BCUT2D eigenvalue weighted by atomic mass is 32.2. The molecule has 2 atom stereocenters. The Morgan fingerprint density at radius 2 is 1.97 bits per heavy atom. The van der Waals surface area contributed by atoms with Crippen LogP contribution in [0.4, 0.5) is 5.69 Å². The Labute approximate surface area is 196 Å². The van der Waals surface area contributed by atoms with E-state index in [1.54, 1.807) is 0 Å². The molecule has 7 heteroatoms. The molecule has 1 aromatic heterocycles. The summed E-state index contributed by atoms with van der Waals surface area (Å²) in [4.78, 5) is 24.9. The first-order valence-electron chi connectivity index (χ1n) is 11.3. The summed E-state index contributed by atoms with van der Waals surface area (Å²) in [5, 5.41) is 4.73. The number of fused-ring (bicyclic) bond motifs is 1. The number of nitrogens with zero attached hydrogens (tertiary/aromatic N) is 3. The number of aromatic nitrogens is 1. The van der Waals surface area contributed by atoms with Crippen molar-refractivity contribution in [1.82, 2.24) is 10.3 Å². The van der Waals surface area contributed by atoms with Gasteiger partial charge in [-0.15, -0.1) is 0 Å². The van der Waals surface area contributed by atoms with Gasteiger partial charge in [-0.25, -0.2) is 0 Å². The summed E-state index contributed by atoms with van der Waals surface area (Å²) in [7, 11) is 0. The van der Waals surface area contributed by atoms with Crippen LogP contribution in [0.1, 0.15) is 23.5 Å². The lowest BCUT2D eigenvalue weighted by atomic mass is 10.1. The van der Waals surface area contributed by atoms with E-state index in [2.05, 4.69) is 51.6 Å². The maximum absolute atomic E-state index is 12.6. The molecule has 1 saturated carbocycles. The van der Waals surface area contributed by atoms with Crippen LogP contribution in [-0.4, -0.2) is 48.4 Å². The molecule has 3 aromatic rings. The molecule has 1 aliphatic carbocycles. The van der Waals surface area contributed by atoms with Gasteiger partial charge >= 0.3 is 0 Å². The standard InChI is InChI=1S/C26H24N4O2S/c31-25-24(33-26(29-25)28-22-16-19(22)18-4-2-1-3-5-18)15-17-6-7-21-20(14-17)23(8-9-27-21)30-10-12-32-13-11-30/h1-9,14-15,19,22H,10-13,16H2,(H,28,29,31)/b24-15-/t19-,22+/m1/s1. The highest BCUT2D eigenvalue weighted by Crippen LogP contribution is 2.44. The van der Waals surface area contributed by atoms with E-state index in [9.17, 15) is 4.79 Å². The minimum Gasteiger partial charge on any atom is -0.378 e. The molecule has 2 aliphatic heterocycles. The number of rotatable bonds is 4. The Bertz CT molecular complexity index is 1270. The number of thioether (sulfide) groups is 1. The Balaban J connectivity index is 1.23. The normalized spacial score (nSPS) is 25.1. The number of carbonyl (C=O) groups is 1. The molecular weight excluding hydrogens is 432 g/mol. The average molecular weight is 457 g/mol. The SMILES string of the molecule is O=C1NC(=N[C@H]2C[C@@H]2c2ccccc2)S/C1=C\c1ccc2nccc(N3CCOCC3)c2c1. The van der Waals surface area contributed by atoms with Crippen molar-refractivity contribution >= 4 is 45.5 Å². The molecule has 1 N–H and O–H groups in total. The van der Waals surface area contributed by atoms with Crippen LogP contribution in [0.25, 0.3) is 17.0 Å². The summed E-state index contributed by atoms with van der Waals surface area (Å²) in [6.07, 6.45) is 4.83. The van der Waals surface area contributed by atoms with Crippen molar-refractivity contribution in [3.8, 4) is 0 Å². The second kappa shape index (κ2) is 8.65. The third-order valence-corrected chi connectivity index (χ3v) is 7.23. The van der Waals surface area contributed by atoms with Gasteiger partial charge in [0.15, 0.2) is 5.17 Å². The van der Waals surface area contributed by atoms with E-state index < -0.39 is 0 Å². The summed E-state index contributed by atoms with van der Waals surface area (Å²) in [5.41, 5.74) is 4.41. The minimum absolute atomic E-state index is 0.0876. The molecule has 6 rings (SSSR count). The van der Waals surface area contributed by atoms with E-state index in [4.69, 9.17) is 9.73 Å². The van der Waals surface area contributed by atoms with Gasteiger partial charge in [-0.3, -0.25) is 14.8 Å². The van der Waals surface area contributed by atoms with Gasteiger partial charge in [-0.1, -0.05) is 36.4 Å². The van der Waals surface area contributed by atoms with E-state index in [0.29, 0.717) is 16.0 Å². The van der Waals surface area contributed by atoms with Crippen LogP contribution < -0.4 is 10.2 Å². The lowest BCUT2D eigenvalue weighted by Crippen LogP contribution is -2.36. The van der Waals surface area contributed by atoms with Gasteiger partial charge in [-0.05, 0) is 53.6 Å². The molecule has 0 spiro atoms. The highest BCUT2D eigenvalue weighted by molar-refractivity contribution is 8.18. The summed E-state index contributed by atoms with van der Waals surface area (Å²) in [5.74, 6) is 0.367. The van der Waals surface area contributed by atoms with E-state index in [1.807, 2.05) is 30.5 Å². The zero-order valence-corrected chi connectivity index (χ0v) is 18.9. The monoisotopic (exact) mass is 456 g/mol. The second-order valence-corrected chi connectivity index (χ2v) is 9.56. The Morgan fingerprint density at radius 3 is 2.82 bits per heavy atom. The average Bonchev–Trinajstić information content (AvgIpc) is 3.54. The third-order valence-electron chi connectivity index (χ3n) is 6.31. The van der Waals surface area contributed by atoms with Crippen LogP contribution in [0.5, 0.6) is 0 Å². The van der Waals surface area contributed by atoms with E-state index >= 15 is 0 Å². The number of benzene rings is 2. The van der Waals surface area contributed by atoms with Gasteiger partial charge in [0, 0.05) is 36.3 Å². The zero-order chi connectivity index (χ0) is 22.2. The number of hydrogen-bond acceptors (Lipinski definition) is 6. The van der Waals surface area contributed by atoms with Crippen molar-refractivity contribution in [3.63, 3.8) is 0 Å². The van der Waals surface area contributed by atoms with Crippen LogP contribution in [0.3, 0.4) is 0 Å². The van der Waals surface area contributed by atoms with E-state index in [0.717, 1.165) is 54.9 Å². The molecule has 0 bridgehead atoms. The first-order valence-corrected chi connectivity index (χ1v) is 12.1. The number of aliphatic imine (C=N–C) groups is 1. The van der Waals surface area contributed by atoms with Crippen molar-refractivity contribution < 1.29 is 9.53 Å². The molecular formula is C26H24N4O2S. The van der Waals surface area contributed by atoms with E-state index in [1.165, 1.54) is 17.3 Å². The smallest absolute Gasteiger partial charge is 0.264 e. The number of anilines is 1. The van der Waals surface area contributed by atoms with Gasteiger partial charge in [-0.2, -0.15) is 0 Å². The molecule has 2 saturated heterocycles. The summed E-state index contributed by atoms with van der Waals surface area (Å²) < 4.78 is 5.51. The first-order chi connectivity index (χ1) is 16.2. The number of morpholine rings is 1. The van der Waals surface area contributed by atoms with Crippen LogP contribution >= 0.6 is 11.8 Å². The molecule has 166 valence electrons. The molecule has 2 aromatic carbocycles. The van der Waals surface area contributed by atoms with Crippen LogP contribution in [0, 0.1) is 0 Å². The Morgan fingerprint density at radius 1 is 1.12 bits per heavy atom. The fourth-order valence-corrected chi connectivity index (χ4v) is 5.37. The number of nitrogens with one attached hydrogen (secondary N) is 1. The van der Waals surface area contributed by atoms with Crippen molar-refractivity contribution in [2.24, 2.45) is 4.99 Å². The largest absolute Gasteiger partial charge is 0.378 e. The maximum atomic E-state index is 12.6. The molecule has 0 unspecified atom stereocenters. The minimum atomic E-state index is -0.0876. The van der Waals surface area contributed by atoms with Gasteiger partial charge in [0.05, 0.1) is 29.7 Å². The summed E-state index contributed by atoms with van der Waals surface area (Å²) in [6.45, 7) is 3.21. The van der Waals surface area contributed by atoms with Gasteiger partial charge in [0.1, 0.15) is 0 Å². The maximum Gasteiger partial charge on any atom is 0.264 e. The fourth-order valence-electron chi connectivity index (χ4n) is 4.49. The number of pyridine rings is 1. The van der Waals surface area contributed by atoms with Crippen molar-refractivity contribution in [1.29, 1.82) is 0 Å². The molecule has 1 amide bonds. The summed E-state index contributed by atoms with van der Waals surface area (Å²) in [6, 6.07) is 18.9. The molecule has 3 fully saturated rings. The van der Waals surface area contributed by atoms with Crippen LogP contribution in [0.2, 0.25) is 0 Å². The number of hydrogen-bond donors (Lipinski definition) is 1. The molecule has 3 heterocycles. The highest BCUT2D eigenvalue weighted by Gasteiger charge is 2.39. The molecule has 3 aliphatic rings. The second-order valence-electron chi connectivity index (χ2n) is 8.53. The van der Waals surface area contributed by atoms with Crippen molar-refractivity contribution in [3.05, 3.63) is 76.8 Å². The Hall–Kier alpha value is -3.16. The quantitative estimate of drug-likeness (QED) is 0.597. The molecule has 6 nitrogen and oxygen atoms in total. The predicted molar refractivity (Wildman–Crippen MR) is 134 cm³/mol. The fraction of sp³-hybridized carbons (Fsp3) is 0.269. The predicted octanol–water partition coefficient (Wildman–Crippen LogP) is 4.19. The number of amidine groups is 1.